The zero-order chi connectivity index (χ0) is 43.0. The maximum Gasteiger partial charge on any atom is 0.251 e. The first-order valence-corrected chi connectivity index (χ1v) is 21.6. The zero-order valence-electron chi connectivity index (χ0n) is 36.0. The lowest BCUT2D eigenvalue weighted by Crippen LogP contribution is -2.74. The second-order valence-corrected chi connectivity index (χ2v) is 20.1. The number of hydrogen-bond acceptors (Lipinski definition) is 9. The summed E-state index contributed by atoms with van der Waals surface area (Å²) in [7, 11) is 0. The van der Waals surface area contributed by atoms with Crippen LogP contribution in [0.15, 0.2) is 42.5 Å². The van der Waals surface area contributed by atoms with Gasteiger partial charge in [-0.25, -0.2) is 0 Å². The van der Waals surface area contributed by atoms with Crippen LogP contribution in [-0.2, 0) is 20.8 Å². The number of carbonyl (C=O) groups excluding carboxylic acids is 4. The second-order valence-electron chi connectivity index (χ2n) is 19.6. The Morgan fingerprint density at radius 1 is 0.983 bits per heavy atom. The molecular weight excluding hydrogens is 768 g/mol. The van der Waals surface area contributed by atoms with Crippen molar-refractivity contribution in [2.75, 3.05) is 32.7 Å². The number of piperazine rings is 1. The Morgan fingerprint density at radius 2 is 1.63 bits per heavy atom. The van der Waals surface area contributed by atoms with Gasteiger partial charge in [-0.1, -0.05) is 72.2 Å². The topological polar surface area (TPSA) is 155 Å². The average Bonchev–Trinajstić information content (AvgIpc) is 3.67. The van der Waals surface area contributed by atoms with Crippen molar-refractivity contribution in [3.63, 3.8) is 0 Å². The highest BCUT2D eigenvalue weighted by Gasteiger charge is 2.64. The number of halogens is 1. The Bertz CT molecular complexity index is 1910. The number of ketones is 1. The molecule has 6 rings (SSSR count). The Labute approximate surface area is 355 Å². The van der Waals surface area contributed by atoms with Crippen molar-refractivity contribution >= 4 is 35.1 Å². The fourth-order valence-electron chi connectivity index (χ4n) is 10.4. The van der Waals surface area contributed by atoms with Gasteiger partial charge in [0.1, 0.15) is 24.0 Å². The summed E-state index contributed by atoms with van der Waals surface area (Å²) in [4.78, 5) is 59.1. The Kier molecular flexibility index (Phi) is 13.2. The highest BCUT2D eigenvalue weighted by atomic mass is 35.5. The molecule has 5 atom stereocenters. The lowest BCUT2D eigenvalue weighted by atomic mass is 9.49. The number of amides is 3. The molecule has 13 heteroatoms. The van der Waals surface area contributed by atoms with Crippen LogP contribution in [0.3, 0.4) is 0 Å². The molecular formula is C46H63ClN6O6. The highest BCUT2D eigenvalue weighted by molar-refractivity contribution is 6.31. The molecule has 2 aromatic rings. The number of hydrogen-bond donors (Lipinski definition) is 3. The van der Waals surface area contributed by atoms with Crippen molar-refractivity contribution in [3.8, 4) is 11.8 Å². The van der Waals surface area contributed by atoms with Gasteiger partial charge in [0, 0.05) is 66.6 Å². The highest BCUT2D eigenvalue weighted by Crippen LogP contribution is 2.55. The summed E-state index contributed by atoms with van der Waals surface area (Å²) in [5.41, 5.74) is 0.950. The van der Waals surface area contributed by atoms with E-state index in [9.17, 15) is 29.5 Å². The molecule has 59 heavy (non-hydrogen) atoms. The Hall–Kier alpha value is -4.02. The van der Waals surface area contributed by atoms with Gasteiger partial charge in [-0.3, -0.25) is 24.1 Å². The first kappa shape index (κ1) is 44.5. The molecule has 2 unspecified atom stereocenters. The number of aryl methyl sites for hydroxylation is 1. The molecule has 3 amide bonds. The number of nitriles is 1. The number of benzene rings is 2. The van der Waals surface area contributed by atoms with Gasteiger partial charge in [0.2, 0.25) is 11.8 Å². The van der Waals surface area contributed by atoms with E-state index >= 15 is 0 Å². The summed E-state index contributed by atoms with van der Waals surface area (Å²) in [6.45, 7) is 18.7. The molecule has 2 bridgehead atoms. The number of carbonyl (C=O) groups is 4. The molecule has 2 aromatic carbocycles. The van der Waals surface area contributed by atoms with Crippen LogP contribution in [0.2, 0.25) is 5.02 Å². The van der Waals surface area contributed by atoms with Crippen LogP contribution in [0.1, 0.15) is 109 Å². The molecule has 3 saturated heterocycles. The van der Waals surface area contributed by atoms with E-state index in [1.165, 1.54) is 17.4 Å². The van der Waals surface area contributed by atoms with Gasteiger partial charge in [-0.15, -0.1) is 0 Å². The standard InChI is InChI=1S/C46H63ClN6O6/c1-28(54)37-21-34(55)26-53(37)41(58)39(44(2,3)4)49-38(56)27-52-32-17-18-33(52)25-51(24-32)20-10-9-11-29-12-14-30(15-13-29)40(57)50-42-45(5,6)43(46(42,7)8)59-35-19-16-31(23-48)36(47)22-35/h12-16,19,22,32-34,37,39,42-43,55H,9-11,17-18,20-21,24-27H2,1-8H3,(H,49,56)(H,50,57)/t32?,33?,34-,37+,39+,42-,43-/m0/s1. The van der Waals surface area contributed by atoms with Gasteiger partial charge < -0.3 is 30.3 Å². The molecule has 0 spiro atoms. The summed E-state index contributed by atoms with van der Waals surface area (Å²) in [5, 5.41) is 26.1. The van der Waals surface area contributed by atoms with Gasteiger partial charge in [-0.05, 0) is 80.8 Å². The summed E-state index contributed by atoms with van der Waals surface area (Å²) < 4.78 is 6.37. The van der Waals surface area contributed by atoms with Crippen LogP contribution in [0.25, 0.3) is 0 Å². The maximum absolute atomic E-state index is 13.7. The van der Waals surface area contributed by atoms with Crippen molar-refractivity contribution < 1.29 is 29.0 Å². The van der Waals surface area contributed by atoms with Crippen LogP contribution in [-0.4, -0.2) is 118 Å². The number of unbranched alkanes of at least 4 members (excludes halogenated alkanes) is 1. The van der Waals surface area contributed by atoms with Gasteiger partial charge in [0.15, 0.2) is 5.78 Å². The van der Waals surface area contributed by atoms with Gasteiger partial charge in [0.05, 0.1) is 29.3 Å². The average molecular weight is 831 g/mol. The molecule has 1 saturated carbocycles. The van der Waals surface area contributed by atoms with Crippen molar-refractivity contribution in [1.82, 2.24) is 25.3 Å². The number of Topliss-reactive ketones (excluding diaryl/α,β-unsaturated/α-hetero) is 1. The molecule has 1 aliphatic carbocycles. The molecule has 4 fully saturated rings. The normalized spacial score (nSPS) is 26.7. The lowest BCUT2D eigenvalue weighted by molar-refractivity contribution is -0.164. The van der Waals surface area contributed by atoms with Crippen molar-refractivity contribution in [2.45, 2.75) is 136 Å². The predicted molar refractivity (Wildman–Crippen MR) is 227 cm³/mol. The number of ether oxygens (including phenoxy) is 1. The number of β-amino-alcohol motifs (C(OH)–C–C–N with tert-alkyl or cyclic N) is 1. The SMILES string of the molecule is CC(=O)[C@H]1C[C@H](O)CN1C(=O)[C@@H](NC(=O)CN1C2CCC1CN(CCCCc1ccc(C(=O)N[C@H]3C(C)(C)[C@H](Oc4ccc(C#N)c(Cl)c4)C3(C)C)cc1)C2)C(C)(C)C. The zero-order valence-corrected chi connectivity index (χ0v) is 36.8. The van der Waals surface area contributed by atoms with Crippen LogP contribution in [0.4, 0.5) is 0 Å². The molecule has 3 aliphatic heterocycles. The van der Waals surface area contributed by atoms with Crippen molar-refractivity contribution in [3.05, 3.63) is 64.2 Å². The molecule has 3 heterocycles. The minimum atomic E-state index is -0.806. The number of aliphatic hydroxyl groups excluding tert-OH is 1. The summed E-state index contributed by atoms with van der Waals surface area (Å²) >= 11 is 6.25. The number of rotatable bonds is 14. The quantitative estimate of drug-likeness (QED) is 0.213. The third kappa shape index (κ3) is 9.64. The first-order chi connectivity index (χ1) is 27.7. The largest absolute Gasteiger partial charge is 0.489 e. The van der Waals surface area contributed by atoms with E-state index in [0.29, 0.717) is 21.9 Å². The molecule has 320 valence electrons. The van der Waals surface area contributed by atoms with E-state index in [4.69, 9.17) is 16.3 Å². The van der Waals surface area contributed by atoms with Crippen LogP contribution < -0.4 is 15.4 Å². The minimum Gasteiger partial charge on any atom is -0.489 e. The fraction of sp³-hybridized carbons (Fsp3) is 0.630. The Morgan fingerprint density at radius 3 is 2.20 bits per heavy atom. The molecule has 0 radical (unpaired) electrons. The third-order valence-corrected chi connectivity index (χ3v) is 13.6. The third-order valence-electron chi connectivity index (χ3n) is 13.3. The number of nitrogens with one attached hydrogen (secondary N) is 2. The van der Waals surface area contributed by atoms with Crippen molar-refractivity contribution in [2.24, 2.45) is 16.2 Å². The number of aliphatic hydroxyl groups is 1. The van der Waals surface area contributed by atoms with Crippen LogP contribution in [0, 0.1) is 27.6 Å². The molecule has 12 nitrogen and oxygen atoms in total. The first-order valence-electron chi connectivity index (χ1n) is 21.2. The van der Waals surface area contributed by atoms with Gasteiger partial charge in [-0.2, -0.15) is 5.26 Å². The van der Waals surface area contributed by atoms with Gasteiger partial charge >= 0.3 is 0 Å². The van der Waals surface area contributed by atoms with E-state index in [0.717, 1.165) is 51.7 Å². The Balaban J connectivity index is 0.931. The van der Waals surface area contributed by atoms with E-state index in [2.05, 4.69) is 54.2 Å². The summed E-state index contributed by atoms with van der Waals surface area (Å²) in [6, 6.07) is 14.0. The maximum atomic E-state index is 13.7. The van der Waals surface area contributed by atoms with E-state index in [1.54, 1.807) is 18.2 Å². The van der Waals surface area contributed by atoms with Gasteiger partial charge in [0.25, 0.3) is 5.91 Å². The van der Waals surface area contributed by atoms with E-state index in [1.807, 2.05) is 45.0 Å². The fourth-order valence-corrected chi connectivity index (χ4v) is 10.7. The molecule has 4 aliphatic rings. The van der Waals surface area contributed by atoms with E-state index < -0.39 is 23.6 Å². The van der Waals surface area contributed by atoms with E-state index in [-0.39, 0.29) is 78.1 Å². The summed E-state index contributed by atoms with van der Waals surface area (Å²) in [6.07, 6.45) is 4.39. The minimum absolute atomic E-state index is 0.0971. The number of likely N-dealkylation sites (tertiary alicyclic amines) is 2. The van der Waals surface area contributed by atoms with Crippen LogP contribution in [0.5, 0.6) is 5.75 Å². The monoisotopic (exact) mass is 830 g/mol. The molecule has 0 aromatic heterocycles. The number of nitrogens with zero attached hydrogens (tertiary/aromatic N) is 4. The lowest BCUT2D eigenvalue weighted by Gasteiger charge is -2.63. The van der Waals surface area contributed by atoms with Crippen molar-refractivity contribution in [1.29, 1.82) is 5.26 Å². The smallest absolute Gasteiger partial charge is 0.251 e. The number of fused-ring (bicyclic) bond motifs is 2. The second kappa shape index (κ2) is 17.5. The predicted octanol–water partition coefficient (Wildman–Crippen LogP) is 5.38. The molecule has 3 N–H and O–H groups in total. The van der Waals surface area contributed by atoms with Crippen LogP contribution >= 0.6 is 11.6 Å². The summed E-state index contributed by atoms with van der Waals surface area (Å²) in [5.74, 6) is -0.173.